The third kappa shape index (κ3) is 6.37. The highest BCUT2D eigenvalue weighted by atomic mass is 32.2. The van der Waals surface area contributed by atoms with Crippen molar-refractivity contribution in [2.45, 2.75) is 39.0 Å². The van der Waals surface area contributed by atoms with Gasteiger partial charge in [0.05, 0.1) is 13.7 Å². The van der Waals surface area contributed by atoms with Crippen LogP contribution in [0, 0.1) is 0 Å². The highest BCUT2D eigenvalue weighted by Gasteiger charge is 2.22. The molecule has 126 valence electrons. The van der Waals surface area contributed by atoms with Crippen LogP contribution in [0.1, 0.15) is 24.9 Å². The van der Waals surface area contributed by atoms with Gasteiger partial charge in [-0.25, -0.2) is 8.42 Å². The molecule has 1 rings (SSSR count). The molecule has 0 spiro atoms. The van der Waals surface area contributed by atoms with Crippen LogP contribution in [0.4, 0.5) is 0 Å². The highest BCUT2D eigenvalue weighted by Crippen LogP contribution is 2.31. The minimum Gasteiger partial charge on any atom is -0.493 e. The molecular weight excluding hydrogens is 318 g/mol. The molecule has 1 aromatic rings. The molecule has 1 unspecified atom stereocenters. The van der Waals surface area contributed by atoms with Gasteiger partial charge in [-0.3, -0.25) is 0 Å². The number of nitrogens with one attached hydrogen (secondary N) is 1. The van der Waals surface area contributed by atoms with Crippen LogP contribution < -0.4 is 14.5 Å². The van der Waals surface area contributed by atoms with E-state index in [1.165, 1.54) is 0 Å². The van der Waals surface area contributed by atoms with E-state index in [0.717, 1.165) is 5.56 Å². The number of hydrogen-bond donors (Lipinski definition) is 2. The van der Waals surface area contributed by atoms with Crippen molar-refractivity contribution in [3.63, 3.8) is 0 Å². The predicted molar refractivity (Wildman–Crippen MR) is 93.2 cm³/mol. The lowest BCUT2D eigenvalue weighted by Crippen LogP contribution is -2.44. The van der Waals surface area contributed by atoms with Crippen LogP contribution in [0.25, 0.3) is 0 Å². The maximum absolute atomic E-state index is 10.9. The molecule has 0 radical (unpaired) electrons. The second kappa shape index (κ2) is 8.55. The number of benzene rings is 1. The second-order valence-corrected chi connectivity index (χ2v) is 12.0. The van der Waals surface area contributed by atoms with E-state index in [2.05, 4.69) is 24.6 Å². The Kier molecular flexibility index (Phi) is 7.38. The average Bonchev–Trinajstić information content (AvgIpc) is 2.42. The van der Waals surface area contributed by atoms with Gasteiger partial charge in [0.1, 0.15) is 18.9 Å². The zero-order valence-electron chi connectivity index (χ0n) is 14.0. The molecule has 1 atom stereocenters. The monoisotopic (exact) mass is 345 g/mol. The molecule has 7 heteroatoms. The summed E-state index contributed by atoms with van der Waals surface area (Å²) in [6.45, 7) is 9.07. The Labute approximate surface area is 136 Å². The molecule has 0 aliphatic carbocycles. The van der Waals surface area contributed by atoms with Crippen molar-refractivity contribution in [3.8, 4) is 11.5 Å². The Balaban J connectivity index is 3.08. The molecule has 0 bridgehead atoms. The minimum absolute atomic E-state index is 0.00433. The molecule has 0 fully saturated rings. The molecule has 1 aromatic carbocycles. The van der Waals surface area contributed by atoms with Crippen molar-refractivity contribution in [1.82, 2.24) is 4.98 Å². The number of methoxy groups -OCH3 is 1. The van der Waals surface area contributed by atoms with E-state index in [9.17, 15) is 8.42 Å². The lowest BCUT2D eigenvalue weighted by molar-refractivity contribution is 0.310. The number of thiol groups is 1. The smallest absolute Gasteiger partial charge is 0.161 e. The maximum Gasteiger partial charge on any atom is 0.161 e. The van der Waals surface area contributed by atoms with Crippen LogP contribution in [-0.2, 0) is 10.7 Å². The van der Waals surface area contributed by atoms with Crippen LogP contribution >= 0.6 is 0 Å². The Morgan fingerprint density at radius 2 is 1.91 bits per heavy atom. The van der Waals surface area contributed by atoms with Gasteiger partial charge in [0.25, 0.3) is 0 Å². The van der Waals surface area contributed by atoms with Gasteiger partial charge in [-0.15, -0.1) is 0 Å². The summed E-state index contributed by atoms with van der Waals surface area (Å²) in [4.78, 5) is 3.61. The zero-order valence-corrected chi connectivity index (χ0v) is 15.9. The molecule has 0 aromatic heterocycles. The summed E-state index contributed by atoms with van der Waals surface area (Å²) in [6.07, 6.45) is 0.556. The molecule has 0 saturated carbocycles. The van der Waals surface area contributed by atoms with Crippen molar-refractivity contribution in [3.05, 3.63) is 23.8 Å². The summed E-state index contributed by atoms with van der Waals surface area (Å²) in [7, 11) is -2.31. The van der Waals surface area contributed by atoms with Gasteiger partial charge >= 0.3 is 0 Å². The van der Waals surface area contributed by atoms with E-state index in [-0.39, 0.29) is 11.8 Å². The molecule has 0 aliphatic rings. The highest BCUT2D eigenvalue weighted by molar-refractivity contribution is 7.72. The van der Waals surface area contributed by atoms with Crippen molar-refractivity contribution >= 4 is 18.9 Å². The molecule has 22 heavy (non-hydrogen) atoms. The predicted octanol–water partition coefficient (Wildman–Crippen LogP) is 2.56. The third-order valence-electron chi connectivity index (χ3n) is 3.10. The van der Waals surface area contributed by atoms with Gasteiger partial charge in [-0.2, -0.15) is 0 Å². The van der Waals surface area contributed by atoms with Gasteiger partial charge in [0.2, 0.25) is 0 Å². The van der Waals surface area contributed by atoms with E-state index >= 15 is 0 Å². The van der Waals surface area contributed by atoms with Crippen LogP contribution in [-0.4, -0.2) is 36.1 Å². The lowest BCUT2D eigenvalue weighted by atomic mass is 10.0. The fourth-order valence-electron chi connectivity index (χ4n) is 2.26. The van der Waals surface area contributed by atoms with Crippen LogP contribution in [0.3, 0.4) is 0 Å². The summed E-state index contributed by atoms with van der Waals surface area (Å²) in [5.74, 6) is 1.55. The molecule has 0 aliphatic heterocycles. The quantitative estimate of drug-likeness (QED) is 0.532. The Morgan fingerprint density at radius 1 is 1.23 bits per heavy atom. The molecule has 0 saturated heterocycles. The summed E-state index contributed by atoms with van der Waals surface area (Å²) in [5, 5.41) is 0. The zero-order chi connectivity index (χ0) is 16.8. The number of hydrogen-bond acceptors (Lipinski definition) is 5. The maximum atomic E-state index is 10.9. The topological polar surface area (TPSA) is 64.6 Å². The number of rotatable bonds is 9. The molecule has 0 heterocycles. The van der Waals surface area contributed by atoms with Crippen molar-refractivity contribution < 1.29 is 17.9 Å². The fraction of sp³-hybridized carbons (Fsp3) is 0.600. The Morgan fingerprint density at radius 3 is 2.41 bits per heavy atom. The van der Waals surface area contributed by atoms with E-state index in [4.69, 9.17) is 9.47 Å². The van der Waals surface area contributed by atoms with Crippen LogP contribution in [0.2, 0.25) is 19.6 Å². The van der Waals surface area contributed by atoms with Crippen molar-refractivity contribution in [1.29, 1.82) is 0 Å². The lowest BCUT2D eigenvalue weighted by Gasteiger charge is -2.27. The summed E-state index contributed by atoms with van der Waals surface area (Å²) in [5.41, 5.74) is 1.03. The van der Waals surface area contributed by atoms with Crippen LogP contribution in [0.5, 0.6) is 11.5 Å². The molecule has 0 amide bonds. The van der Waals surface area contributed by atoms with E-state index in [1.807, 2.05) is 25.1 Å². The first-order valence-electron chi connectivity index (χ1n) is 7.47. The van der Waals surface area contributed by atoms with Gasteiger partial charge in [-0.05, 0) is 31.0 Å². The van der Waals surface area contributed by atoms with Gasteiger partial charge in [-0.1, -0.05) is 25.7 Å². The molecular formula is C15H27NO4SSi. The summed E-state index contributed by atoms with van der Waals surface area (Å²) in [6, 6.07) is 5.79. The SMILES string of the molecule is CCOc1cc(C(CC[SH](=O)=O)N[Si](C)(C)C)ccc1OC. The van der Waals surface area contributed by atoms with Gasteiger partial charge < -0.3 is 14.5 Å². The normalized spacial score (nSPS) is 13.2. The van der Waals surface area contributed by atoms with Gasteiger partial charge in [0.15, 0.2) is 11.5 Å². The summed E-state index contributed by atoms with van der Waals surface area (Å²) < 4.78 is 32.8. The van der Waals surface area contributed by atoms with Crippen molar-refractivity contribution in [2.75, 3.05) is 19.5 Å². The Hall–Kier alpha value is -1.05. The first-order valence-corrected chi connectivity index (χ1v) is 12.3. The molecule has 1 N–H and O–H groups in total. The van der Waals surface area contributed by atoms with Crippen LogP contribution in [0.15, 0.2) is 18.2 Å². The largest absolute Gasteiger partial charge is 0.493 e. The second-order valence-electron chi connectivity index (χ2n) is 6.14. The Bertz CT molecular complexity index is 547. The first-order chi connectivity index (χ1) is 10.3. The first kappa shape index (κ1) is 19.0. The summed E-state index contributed by atoms with van der Waals surface area (Å²) >= 11 is 0. The van der Waals surface area contributed by atoms with Gasteiger partial charge in [0, 0.05) is 11.8 Å². The third-order valence-corrected chi connectivity index (χ3v) is 4.94. The minimum atomic E-state index is -2.37. The van der Waals surface area contributed by atoms with E-state index < -0.39 is 18.9 Å². The van der Waals surface area contributed by atoms with Crippen molar-refractivity contribution in [2.24, 2.45) is 0 Å². The van der Waals surface area contributed by atoms with E-state index in [0.29, 0.717) is 24.5 Å². The number of ether oxygens (including phenoxy) is 2. The standard InChI is InChI=1S/C15H27NO4SSi/c1-6-20-15-11-12(7-8-14(15)19-2)13(9-10-21(17)18)16-22(3,4)5/h7-8,11,13,16,21H,6,9-10H2,1-5H3. The van der Waals surface area contributed by atoms with E-state index in [1.54, 1.807) is 7.11 Å². The molecule has 5 nitrogen and oxygen atoms in total. The fourth-order valence-corrected chi connectivity index (χ4v) is 4.08. The average molecular weight is 346 g/mol.